The fourth-order valence-corrected chi connectivity index (χ4v) is 4.71. The molecule has 3 rings (SSSR count). The van der Waals surface area contributed by atoms with Gasteiger partial charge in [0.1, 0.15) is 0 Å². The first-order chi connectivity index (χ1) is 14.1. The third kappa shape index (κ3) is 6.71. The van der Waals surface area contributed by atoms with Crippen LogP contribution in [0.1, 0.15) is 89.0 Å². The van der Waals surface area contributed by atoms with Crippen LogP contribution in [0.15, 0.2) is 12.1 Å². The smallest absolute Gasteiger partial charge is 0.194 e. The van der Waals surface area contributed by atoms with Crippen LogP contribution in [0.4, 0.5) is 13.2 Å². The van der Waals surface area contributed by atoms with Crippen molar-refractivity contribution < 1.29 is 22.6 Å². The van der Waals surface area contributed by atoms with E-state index in [4.69, 9.17) is 9.47 Å². The Labute approximate surface area is 173 Å². The second-order valence-electron chi connectivity index (χ2n) is 8.83. The van der Waals surface area contributed by atoms with Crippen molar-refractivity contribution in [1.29, 1.82) is 0 Å². The summed E-state index contributed by atoms with van der Waals surface area (Å²) in [5.74, 6) is -2.87. The monoisotopic (exact) mass is 412 g/mol. The van der Waals surface area contributed by atoms with Gasteiger partial charge in [-0.05, 0) is 87.3 Å². The average molecular weight is 413 g/mol. The van der Waals surface area contributed by atoms with Crippen molar-refractivity contribution in [1.82, 2.24) is 0 Å². The zero-order chi connectivity index (χ0) is 20.6. The van der Waals surface area contributed by atoms with Gasteiger partial charge in [0, 0.05) is 13.2 Å². The van der Waals surface area contributed by atoms with Crippen molar-refractivity contribution in [2.24, 2.45) is 5.92 Å². The van der Waals surface area contributed by atoms with Crippen LogP contribution >= 0.6 is 0 Å². The van der Waals surface area contributed by atoms with Crippen molar-refractivity contribution in [2.75, 3.05) is 13.2 Å². The van der Waals surface area contributed by atoms with Crippen LogP contribution in [0.3, 0.4) is 0 Å². The van der Waals surface area contributed by atoms with Crippen LogP contribution in [-0.2, 0) is 9.47 Å². The van der Waals surface area contributed by atoms with Gasteiger partial charge in [-0.1, -0.05) is 19.8 Å². The highest BCUT2D eigenvalue weighted by atomic mass is 19.2. The summed E-state index contributed by atoms with van der Waals surface area (Å²) < 4.78 is 52.3. The maximum absolute atomic E-state index is 13.5. The molecule has 0 atom stereocenters. The lowest BCUT2D eigenvalue weighted by atomic mass is 9.82. The number of hydrogen-bond donors (Lipinski definition) is 0. The largest absolute Gasteiger partial charge is 0.378 e. The highest BCUT2D eigenvalue weighted by molar-refractivity contribution is 5.23. The summed E-state index contributed by atoms with van der Waals surface area (Å²) in [4.78, 5) is 0. The molecule has 1 aromatic carbocycles. The molecule has 0 spiro atoms. The van der Waals surface area contributed by atoms with Crippen LogP contribution in [-0.4, -0.2) is 25.4 Å². The Morgan fingerprint density at radius 3 is 2.00 bits per heavy atom. The Bertz CT molecular complexity index is 598. The van der Waals surface area contributed by atoms with Gasteiger partial charge < -0.3 is 9.47 Å². The topological polar surface area (TPSA) is 18.5 Å². The number of ether oxygens (including phenoxy) is 2. The Morgan fingerprint density at radius 1 is 0.793 bits per heavy atom. The lowest BCUT2D eigenvalue weighted by Crippen LogP contribution is -2.28. The molecule has 0 unspecified atom stereocenters. The van der Waals surface area contributed by atoms with E-state index >= 15 is 0 Å². The normalized spacial score (nSPS) is 27.9. The Kier molecular flexibility index (Phi) is 8.85. The van der Waals surface area contributed by atoms with E-state index in [0.29, 0.717) is 17.6 Å². The lowest BCUT2D eigenvalue weighted by Gasteiger charge is -2.32. The second-order valence-corrected chi connectivity index (χ2v) is 8.83. The minimum absolute atomic E-state index is 0.0831. The van der Waals surface area contributed by atoms with Crippen LogP contribution in [0.2, 0.25) is 0 Å². The summed E-state index contributed by atoms with van der Waals surface area (Å²) in [5, 5.41) is 0. The molecule has 0 radical (unpaired) electrons. The zero-order valence-electron chi connectivity index (χ0n) is 17.6. The Morgan fingerprint density at radius 2 is 1.38 bits per heavy atom. The van der Waals surface area contributed by atoms with Gasteiger partial charge in [-0.2, -0.15) is 0 Å². The lowest BCUT2D eigenvalue weighted by molar-refractivity contribution is -0.0257. The molecular formula is C24H35F3O2. The van der Waals surface area contributed by atoms with Gasteiger partial charge in [0.25, 0.3) is 0 Å². The fourth-order valence-electron chi connectivity index (χ4n) is 4.71. The highest BCUT2D eigenvalue weighted by Crippen LogP contribution is 2.36. The van der Waals surface area contributed by atoms with Crippen molar-refractivity contribution in [3.05, 3.63) is 35.1 Å². The van der Waals surface area contributed by atoms with E-state index in [-0.39, 0.29) is 12.0 Å². The molecule has 0 N–H and O–H groups in total. The van der Waals surface area contributed by atoms with E-state index < -0.39 is 17.5 Å². The molecule has 2 aliphatic carbocycles. The predicted molar refractivity (Wildman–Crippen MR) is 108 cm³/mol. The molecule has 2 fully saturated rings. The molecule has 2 aliphatic rings. The van der Waals surface area contributed by atoms with E-state index in [9.17, 15) is 13.2 Å². The van der Waals surface area contributed by atoms with E-state index in [2.05, 4.69) is 6.92 Å². The summed E-state index contributed by atoms with van der Waals surface area (Å²) in [6.45, 7) is 3.91. The van der Waals surface area contributed by atoms with Gasteiger partial charge >= 0.3 is 0 Å². The number of benzene rings is 1. The Balaban J connectivity index is 1.33. The van der Waals surface area contributed by atoms with Crippen molar-refractivity contribution in [3.63, 3.8) is 0 Å². The number of unbranched alkanes of at least 4 members (excludes halogenated alkanes) is 2. The minimum atomic E-state index is -1.38. The summed E-state index contributed by atoms with van der Waals surface area (Å²) in [6.07, 6.45) is 12.3. The standard InChI is InChI=1S/C24H35F3O2/c1-2-3-4-13-28-20-9-5-17(6-10-20)16-29-21-11-7-18(8-12-21)19-14-22(25)24(27)23(26)15-19/h14-15,17-18,20-21H,2-13,16H2,1H3. The van der Waals surface area contributed by atoms with Crippen LogP contribution in [0.5, 0.6) is 0 Å². The maximum Gasteiger partial charge on any atom is 0.194 e. The molecule has 5 heteroatoms. The van der Waals surface area contributed by atoms with Gasteiger partial charge in [0.2, 0.25) is 0 Å². The molecule has 1 aromatic rings. The zero-order valence-corrected chi connectivity index (χ0v) is 17.6. The second kappa shape index (κ2) is 11.4. The Hall–Kier alpha value is -1.07. The molecular weight excluding hydrogens is 377 g/mol. The van der Waals surface area contributed by atoms with Gasteiger partial charge in [0.05, 0.1) is 12.2 Å². The van der Waals surface area contributed by atoms with Crippen molar-refractivity contribution >= 4 is 0 Å². The van der Waals surface area contributed by atoms with Crippen LogP contribution in [0, 0.1) is 23.4 Å². The summed E-state index contributed by atoms with van der Waals surface area (Å²) >= 11 is 0. The maximum atomic E-state index is 13.5. The quantitative estimate of drug-likeness (QED) is 0.324. The van der Waals surface area contributed by atoms with Crippen molar-refractivity contribution in [2.45, 2.75) is 95.7 Å². The van der Waals surface area contributed by atoms with E-state index in [1.807, 2.05) is 0 Å². The molecule has 29 heavy (non-hydrogen) atoms. The van der Waals surface area contributed by atoms with E-state index in [0.717, 1.165) is 63.9 Å². The van der Waals surface area contributed by atoms with Crippen molar-refractivity contribution in [3.8, 4) is 0 Å². The van der Waals surface area contributed by atoms with Crippen LogP contribution in [0.25, 0.3) is 0 Å². The fraction of sp³-hybridized carbons (Fsp3) is 0.750. The molecule has 164 valence electrons. The number of hydrogen-bond acceptors (Lipinski definition) is 2. The first-order valence-electron chi connectivity index (χ1n) is 11.4. The summed E-state index contributed by atoms with van der Waals surface area (Å²) in [7, 11) is 0. The van der Waals surface area contributed by atoms with Gasteiger partial charge in [-0.3, -0.25) is 0 Å². The first kappa shape index (κ1) is 22.6. The van der Waals surface area contributed by atoms with Crippen LogP contribution < -0.4 is 0 Å². The first-order valence-corrected chi connectivity index (χ1v) is 11.4. The van der Waals surface area contributed by atoms with Gasteiger partial charge in [-0.15, -0.1) is 0 Å². The molecule has 2 saturated carbocycles. The average Bonchev–Trinajstić information content (AvgIpc) is 2.74. The molecule has 0 amide bonds. The molecule has 0 aliphatic heterocycles. The molecule has 0 saturated heterocycles. The highest BCUT2D eigenvalue weighted by Gasteiger charge is 2.27. The van der Waals surface area contributed by atoms with Gasteiger partial charge in [0.15, 0.2) is 17.5 Å². The molecule has 2 nitrogen and oxygen atoms in total. The SMILES string of the molecule is CCCCCOC1CCC(COC2CCC(c3cc(F)c(F)c(F)c3)CC2)CC1. The van der Waals surface area contributed by atoms with E-state index in [1.165, 1.54) is 32.1 Å². The van der Waals surface area contributed by atoms with Gasteiger partial charge in [-0.25, -0.2) is 13.2 Å². The number of rotatable bonds is 9. The summed E-state index contributed by atoms with van der Waals surface area (Å²) in [5.41, 5.74) is 0.567. The predicted octanol–water partition coefficient (Wildman–Crippen LogP) is 6.91. The third-order valence-corrected chi connectivity index (χ3v) is 6.61. The third-order valence-electron chi connectivity index (χ3n) is 6.61. The van der Waals surface area contributed by atoms with E-state index in [1.54, 1.807) is 0 Å². The molecule has 0 aromatic heterocycles. The summed E-state index contributed by atoms with van der Waals surface area (Å²) in [6, 6.07) is 2.29. The number of halogens is 3. The molecule has 0 bridgehead atoms. The minimum Gasteiger partial charge on any atom is -0.378 e. The molecule has 0 heterocycles.